The van der Waals surface area contributed by atoms with E-state index in [2.05, 4.69) is 197 Å². The molecule has 0 atom stereocenters. The normalized spacial score (nSPS) is 12.1. The second kappa shape index (κ2) is 11.8. The van der Waals surface area contributed by atoms with Crippen molar-refractivity contribution in [1.82, 2.24) is 14.1 Å². The molecule has 0 unspecified atom stereocenters. The molecule has 5 heteroatoms. The fourth-order valence-corrected chi connectivity index (χ4v) is 9.29. The van der Waals surface area contributed by atoms with Crippen molar-refractivity contribution in [3.05, 3.63) is 188 Å². The molecule has 0 amide bonds. The number of nitrogens with zero attached hydrogens (tertiary/aromatic N) is 3. The van der Waals surface area contributed by atoms with Crippen LogP contribution in [0.3, 0.4) is 0 Å². The molecule has 13 aromatic rings. The van der Waals surface area contributed by atoms with E-state index < -0.39 is 0 Å². The summed E-state index contributed by atoms with van der Waals surface area (Å²) in [6, 6.07) is 66.5. The van der Waals surface area contributed by atoms with Gasteiger partial charge in [0, 0.05) is 65.6 Å². The van der Waals surface area contributed by atoms with E-state index in [4.69, 9.17) is 13.8 Å². The summed E-state index contributed by atoms with van der Waals surface area (Å²) in [6.45, 7) is 0. The predicted octanol–water partition coefficient (Wildman–Crippen LogP) is 14.4. The lowest BCUT2D eigenvalue weighted by molar-refractivity contribution is 0.668. The lowest BCUT2D eigenvalue weighted by Crippen LogP contribution is -1.93. The van der Waals surface area contributed by atoms with Crippen LogP contribution in [0.1, 0.15) is 0 Å². The van der Waals surface area contributed by atoms with Crippen LogP contribution in [0, 0.1) is 0 Å². The van der Waals surface area contributed by atoms with Crippen molar-refractivity contribution in [3.63, 3.8) is 0 Å². The third kappa shape index (κ3) is 4.50. The molecule has 0 aliphatic carbocycles. The van der Waals surface area contributed by atoms with Gasteiger partial charge in [-0.25, -0.2) is 4.98 Å². The van der Waals surface area contributed by atoms with Gasteiger partial charge in [0.2, 0.25) is 0 Å². The van der Waals surface area contributed by atoms with E-state index in [0.717, 1.165) is 77.8 Å². The molecule has 0 spiro atoms. The average Bonchev–Trinajstić information content (AvgIpc) is 4.03. The Morgan fingerprint density at radius 3 is 1.03 bits per heavy atom. The lowest BCUT2D eigenvalue weighted by Gasteiger charge is -2.08. The SMILES string of the molecule is c1cc(-c2ccc3oc4ccc(-n5c6ccccc6c6ccccc65)cc4c3c2)nc(-c2ccc3oc4ccc(-n5c6ccccc6c6ccccc65)cc4c3c2)c1. The second-order valence-electron chi connectivity index (χ2n) is 15.1. The van der Waals surface area contributed by atoms with Crippen LogP contribution < -0.4 is 0 Å². The van der Waals surface area contributed by atoms with Crippen molar-refractivity contribution in [2.45, 2.75) is 0 Å². The standard InChI is InChI=1S/C53H31N3O2/c1-5-16-46-36(10-1)37-11-2-6-17-47(37)55(46)34-22-26-52-42(30-34)40-28-32(20-24-50(40)57-52)44-14-9-15-45(54-44)33-21-25-51-41(29-33)43-31-35(23-27-53(43)58-51)56-48-18-7-3-12-38(48)39-13-4-8-19-49(39)56/h1-31H. The minimum atomic E-state index is 0.854. The van der Waals surface area contributed by atoms with Crippen LogP contribution in [0.5, 0.6) is 0 Å². The van der Waals surface area contributed by atoms with E-state index in [0.29, 0.717) is 0 Å². The maximum absolute atomic E-state index is 6.39. The average molecular weight is 742 g/mol. The van der Waals surface area contributed by atoms with E-state index >= 15 is 0 Å². The molecule has 0 saturated heterocycles. The van der Waals surface area contributed by atoms with E-state index in [1.165, 1.54) is 43.6 Å². The minimum absolute atomic E-state index is 0.854. The van der Waals surface area contributed by atoms with Gasteiger partial charge in [0.15, 0.2) is 0 Å². The zero-order valence-corrected chi connectivity index (χ0v) is 31.1. The zero-order valence-electron chi connectivity index (χ0n) is 31.1. The number of fused-ring (bicyclic) bond motifs is 12. The highest BCUT2D eigenvalue weighted by atomic mass is 16.3. The van der Waals surface area contributed by atoms with Crippen molar-refractivity contribution >= 4 is 87.5 Å². The minimum Gasteiger partial charge on any atom is -0.456 e. The van der Waals surface area contributed by atoms with Crippen molar-refractivity contribution in [2.75, 3.05) is 0 Å². The quantitative estimate of drug-likeness (QED) is 0.180. The largest absolute Gasteiger partial charge is 0.456 e. The summed E-state index contributed by atoms with van der Waals surface area (Å²) in [4.78, 5) is 5.24. The highest BCUT2D eigenvalue weighted by molar-refractivity contribution is 6.12. The Morgan fingerprint density at radius 2 is 0.638 bits per heavy atom. The molecule has 0 N–H and O–H groups in total. The number of benzene rings is 8. The molecule has 5 aromatic heterocycles. The smallest absolute Gasteiger partial charge is 0.135 e. The predicted molar refractivity (Wildman–Crippen MR) is 238 cm³/mol. The van der Waals surface area contributed by atoms with E-state index in [1.54, 1.807) is 0 Å². The molecule has 5 heterocycles. The van der Waals surface area contributed by atoms with Gasteiger partial charge in [-0.3, -0.25) is 0 Å². The number of pyridine rings is 1. The molecule has 0 radical (unpaired) electrons. The van der Waals surface area contributed by atoms with Crippen LogP contribution in [0.2, 0.25) is 0 Å². The highest BCUT2D eigenvalue weighted by Crippen LogP contribution is 2.39. The Morgan fingerprint density at radius 1 is 0.293 bits per heavy atom. The van der Waals surface area contributed by atoms with E-state index in [1.807, 2.05) is 0 Å². The molecule has 8 aromatic carbocycles. The Hall–Kier alpha value is -7.89. The molecule has 13 rings (SSSR count). The summed E-state index contributed by atoms with van der Waals surface area (Å²) in [5.74, 6) is 0. The number of hydrogen-bond acceptors (Lipinski definition) is 3. The first kappa shape index (κ1) is 31.3. The molecule has 58 heavy (non-hydrogen) atoms. The first-order valence-electron chi connectivity index (χ1n) is 19.6. The molecule has 0 fully saturated rings. The van der Waals surface area contributed by atoms with Crippen LogP contribution >= 0.6 is 0 Å². The third-order valence-electron chi connectivity index (χ3n) is 11.9. The maximum Gasteiger partial charge on any atom is 0.135 e. The summed E-state index contributed by atoms with van der Waals surface area (Å²) in [5.41, 5.74) is 14.2. The first-order valence-corrected chi connectivity index (χ1v) is 19.6. The fraction of sp³-hybridized carbons (Fsp3) is 0. The maximum atomic E-state index is 6.39. The van der Waals surface area contributed by atoms with Crippen molar-refractivity contribution < 1.29 is 8.83 Å². The molecule has 0 aliphatic rings. The highest BCUT2D eigenvalue weighted by Gasteiger charge is 2.17. The number of furan rings is 2. The molecular weight excluding hydrogens is 711 g/mol. The van der Waals surface area contributed by atoms with E-state index in [-0.39, 0.29) is 0 Å². The topological polar surface area (TPSA) is 49.0 Å². The summed E-state index contributed by atoms with van der Waals surface area (Å²) >= 11 is 0. The van der Waals surface area contributed by atoms with Crippen LogP contribution in [-0.4, -0.2) is 14.1 Å². The summed E-state index contributed by atoms with van der Waals surface area (Å²) in [7, 11) is 0. The Bertz CT molecular complexity index is 3470. The fourth-order valence-electron chi connectivity index (χ4n) is 9.29. The Kier molecular flexibility index (Phi) is 6.38. The Balaban J connectivity index is 0.909. The van der Waals surface area contributed by atoms with Crippen LogP contribution in [0.25, 0.3) is 121 Å². The second-order valence-corrected chi connectivity index (χ2v) is 15.1. The molecular formula is C53H31N3O2. The number of aromatic nitrogens is 3. The molecule has 5 nitrogen and oxygen atoms in total. The van der Waals surface area contributed by atoms with Crippen molar-refractivity contribution in [3.8, 4) is 33.9 Å². The van der Waals surface area contributed by atoms with Crippen LogP contribution in [0.15, 0.2) is 197 Å². The first-order chi connectivity index (χ1) is 28.7. The number of para-hydroxylation sites is 4. The van der Waals surface area contributed by atoms with Gasteiger partial charge in [-0.15, -0.1) is 0 Å². The van der Waals surface area contributed by atoms with Gasteiger partial charge in [-0.1, -0.05) is 78.9 Å². The lowest BCUT2D eigenvalue weighted by atomic mass is 10.0. The summed E-state index contributed by atoms with van der Waals surface area (Å²) in [5, 5.41) is 9.25. The van der Waals surface area contributed by atoms with Crippen LogP contribution in [0.4, 0.5) is 0 Å². The van der Waals surface area contributed by atoms with Gasteiger partial charge in [-0.05, 0) is 109 Å². The van der Waals surface area contributed by atoms with E-state index in [9.17, 15) is 0 Å². The van der Waals surface area contributed by atoms with Gasteiger partial charge in [0.1, 0.15) is 22.3 Å². The van der Waals surface area contributed by atoms with Crippen molar-refractivity contribution in [2.24, 2.45) is 0 Å². The molecule has 0 aliphatic heterocycles. The van der Waals surface area contributed by atoms with Gasteiger partial charge in [0.25, 0.3) is 0 Å². The number of hydrogen-bond donors (Lipinski definition) is 0. The van der Waals surface area contributed by atoms with Gasteiger partial charge >= 0.3 is 0 Å². The van der Waals surface area contributed by atoms with Gasteiger partial charge in [0.05, 0.1) is 33.5 Å². The van der Waals surface area contributed by atoms with Gasteiger partial charge < -0.3 is 18.0 Å². The molecule has 0 bridgehead atoms. The third-order valence-corrected chi connectivity index (χ3v) is 11.9. The molecule has 270 valence electrons. The Labute approximate surface area is 331 Å². The summed E-state index contributed by atoms with van der Waals surface area (Å²) in [6.07, 6.45) is 0. The summed E-state index contributed by atoms with van der Waals surface area (Å²) < 4.78 is 17.5. The zero-order chi connectivity index (χ0) is 37.9. The van der Waals surface area contributed by atoms with Crippen molar-refractivity contribution in [1.29, 1.82) is 0 Å². The van der Waals surface area contributed by atoms with Gasteiger partial charge in [-0.2, -0.15) is 0 Å². The number of rotatable bonds is 4. The molecule has 0 saturated carbocycles. The monoisotopic (exact) mass is 741 g/mol. The van der Waals surface area contributed by atoms with Crippen LogP contribution in [-0.2, 0) is 0 Å².